The number of esters is 1. The SMILES string of the molecule is CCc1ccc(C(O)CCCN2CCC(OC(c3ccccc3)c3ccccc3)CC2)c(OC(=O)C(C)C)c1. The largest absolute Gasteiger partial charge is 0.426 e. The summed E-state index contributed by atoms with van der Waals surface area (Å²) in [5.41, 5.74) is 4.15. The zero-order chi connectivity index (χ0) is 27.6. The number of aliphatic hydroxyl groups is 1. The van der Waals surface area contributed by atoms with Gasteiger partial charge in [0.05, 0.1) is 18.1 Å². The van der Waals surface area contributed by atoms with E-state index in [0.29, 0.717) is 17.7 Å². The van der Waals surface area contributed by atoms with E-state index < -0.39 is 6.10 Å². The highest BCUT2D eigenvalue weighted by atomic mass is 16.5. The molecule has 0 aromatic heterocycles. The minimum atomic E-state index is -0.663. The second-order valence-corrected chi connectivity index (χ2v) is 10.8. The topological polar surface area (TPSA) is 59.0 Å². The Balaban J connectivity index is 1.28. The number of aliphatic hydroxyl groups excluding tert-OH is 1. The van der Waals surface area contributed by atoms with Gasteiger partial charge in [-0.1, -0.05) is 93.6 Å². The molecule has 5 heteroatoms. The van der Waals surface area contributed by atoms with Crippen LogP contribution in [0.2, 0.25) is 0 Å². The van der Waals surface area contributed by atoms with Gasteiger partial charge in [0, 0.05) is 18.7 Å². The summed E-state index contributed by atoms with van der Waals surface area (Å²) in [5, 5.41) is 11.0. The first-order valence-corrected chi connectivity index (χ1v) is 14.4. The number of aryl methyl sites for hydroxylation is 1. The fraction of sp³-hybridized carbons (Fsp3) is 0.441. The van der Waals surface area contributed by atoms with Crippen molar-refractivity contribution >= 4 is 5.97 Å². The highest BCUT2D eigenvalue weighted by Gasteiger charge is 2.25. The maximum absolute atomic E-state index is 12.2. The van der Waals surface area contributed by atoms with Gasteiger partial charge in [-0.05, 0) is 61.4 Å². The number of rotatable bonds is 12. The molecule has 1 fully saturated rings. The van der Waals surface area contributed by atoms with Crippen LogP contribution in [0.15, 0.2) is 78.9 Å². The molecule has 0 spiro atoms. The molecule has 3 aromatic rings. The summed E-state index contributed by atoms with van der Waals surface area (Å²) in [6, 6.07) is 26.7. The zero-order valence-corrected chi connectivity index (χ0v) is 23.6. The third-order valence-corrected chi connectivity index (χ3v) is 7.55. The van der Waals surface area contributed by atoms with Crippen molar-refractivity contribution in [3.63, 3.8) is 0 Å². The number of benzene rings is 3. The van der Waals surface area contributed by atoms with Crippen molar-refractivity contribution in [1.29, 1.82) is 0 Å². The lowest BCUT2D eigenvalue weighted by atomic mass is 9.99. The second kappa shape index (κ2) is 14.4. The Kier molecular flexibility index (Phi) is 10.7. The van der Waals surface area contributed by atoms with Gasteiger partial charge in [-0.25, -0.2) is 0 Å². The van der Waals surface area contributed by atoms with Crippen molar-refractivity contribution in [2.24, 2.45) is 5.92 Å². The van der Waals surface area contributed by atoms with Gasteiger partial charge in [-0.15, -0.1) is 0 Å². The molecule has 5 nitrogen and oxygen atoms in total. The Labute approximate surface area is 233 Å². The Hall–Kier alpha value is -2.99. The number of carbonyl (C=O) groups excluding carboxylic acids is 1. The van der Waals surface area contributed by atoms with Crippen molar-refractivity contribution in [3.05, 3.63) is 101 Å². The molecule has 3 aromatic carbocycles. The number of ether oxygens (including phenoxy) is 2. The van der Waals surface area contributed by atoms with Gasteiger partial charge in [0.2, 0.25) is 0 Å². The van der Waals surface area contributed by atoms with Crippen molar-refractivity contribution in [3.8, 4) is 5.75 Å². The zero-order valence-electron chi connectivity index (χ0n) is 23.6. The molecule has 208 valence electrons. The summed E-state index contributed by atoms with van der Waals surface area (Å²) in [5.74, 6) is -0.00342. The van der Waals surface area contributed by atoms with Crippen LogP contribution in [0.1, 0.15) is 80.9 Å². The molecule has 0 bridgehead atoms. The number of likely N-dealkylation sites (tertiary alicyclic amines) is 1. The second-order valence-electron chi connectivity index (χ2n) is 10.8. The average Bonchev–Trinajstić information content (AvgIpc) is 2.97. The maximum atomic E-state index is 12.2. The van der Waals surface area contributed by atoms with E-state index in [2.05, 4.69) is 60.4 Å². The summed E-state index contributed by atoms with van der Waals surface area (Å²) in [6.45, 7) is 8.61. The van der Waals surface area contributed by atoms with Crippen LogP contribution >= 0.6 is 0 Å². The minimum Gasteiger partial charge on any atom is -0.426 e. The average molecular weight is 530 g/mol. The summed E-state index contributed by atoms with van der Waals surface area (Å²) >= 11 is 0. The fourth-order valence-corrected chi connectivity index (χ4v) is 5.12. The van der Waals surface area contributed by atoms with Crippen molar-refractivity contribution in [2.75, 3.05) is 19.6 Å². The highest BCUT2D eigenvalue weighted by molar-refractivity contribution is 5.74. The van der Waals surface area contributed by atoms with Gasteiger partial charge in [0.25, 0.3) is 0 Å². The van der Waals surface area contributed by atoms with Gasteiger partial charge in [-0.2, -0.15) is 0 Å². The Morgan fingerprint density at radius 3 is 2.13 bits per heavy atom. The standard InChI is InChI=1S/C34H43NO4/c1-4-26-17-18-30(32(24-26)39-34(37)25(2)3)31(36)16-11-21-35-22-19-29(20-23-35)38-33(27-12-7-5-8-13-27)28-14-9-6-10-15-28/h5-10,12-15,17-18,24-25,29,31,33,36H,4,11,16,19-23H2,1-3H3. The van der Waals surface area contributed by atoms with Crippen LogP contribution in [0.5, 0.6) is 5.75 Å². The molecule has 4 rings (SSSR count). The molecule has 1 aliphatic heterocycles. The number of hydrogen-bond donors (Lipinski definition) is 1. The van der Waals surface area contributed by atoms with Gasteiger partial charge < -0.3 is 19.5 Å². The molecule has 1 N–H and O–H groups in total. The third-order valence-electron chi connectivity index (χ3n) is 7.55. The first-order chi connectivity index (χ1) is 18.9. The van der Waals surface area contributed by atoms with Crippen LogP contribution < -0.4 is 4.74 Å². The Bertz CT molecular complexity index is 1120. The molecule has 0 amide bonds. The van der Waals surface area contributed by atoms with Crippen LogP contribution in [0.4, 0.5) is 0 Å². The third kappa shape index (κ3) is 8.25. The summed E-state index contributed by atoms with van der Waals surface area (Å²) in [7, 11) is 0. The van der Waals surface area contributed by atoms with Crippen molar-refractivity contribution in [2.45, 2.75) is 71.2 Å². The number of hydrogen-bond acceptors (Lipinski definition) is 5. The summed E-state index contributed by atoms with van der Waals surface area (Å²) in [4.78, 5) is 14.7. The van der Waals surface area contributed by atoms with E-state index in [1.165, 1.54) is 11.1 Å². The van der Waals surface area contributed by atoms with E-state index in [1.54, 1.807) is 0 Å². The normalized spacial score (nSPS) is 15.5. The van der Waals surface area contributed by atoms with E-state index >= 15 is 0 Å². The van der Waals surface area contributed by atoms with Crippen LogP contribution in [0.3, 0.4) is 0 Å². The van der Waals surface area contributed by atoms with Gasteiger partial charge in [0.15, 0.2) is 0 Å². The monoisotopic (exact) mass is 529 g/mol. The van der Waals surface area contributed by atoms with E-state index in [-0.39, 0.29) is 24.1 Å². The number of carbonyl (C=O) groups is 1. The Morgan fingerprint density at radius 2 is 1.56 bits per heavy atom. The molecule has 1 unspecified atom stereocenters. The molecule has 0 radical (unpaired) electrons. The first-order valence-electron chi connectivity index (χ1n) is 14.4. The predicted molar refractivity (Wildman–Crippen MR) is 156 cm³/mol. The van der Waals surface area contributed by atoms with Crippen LogP contribution in [0.25, 0.3) is 0 Å². The van der Waals surface area contributed by atoms with Gasteiger partial charge >= 0.3 is 5.97 Å². The van der Waals surface area contributed by atoms with E-state index in [4.69, 9.17) is 9.47 Å². The molecule has 0 saturated carbocycles. The molecule has 1 aliphatic rings. The van der Waals surface area contributed by atoms with Crippen molar-refractivity contribution < 1.29 is 19.4 Å². The maximum Gasteiger partial charge on any atom is 0.313 e. The fourth-order valence-electron chi connectivity index (χ4n) is 5.12. The minimum absolute atomic E-state index is 0.0582. The quantitative estimate of drug-likeness (QED) is 0.204. The van der Waals surface area contributed by atoms with Crippen LogP contribution in [0, 0.1) is 5.92 Å². The van der Waals surface area contributed by atoms with E-state index in [0.717, 1.165) is 50.9 Å². The molecule has 1 atom stereocenters. The van der Waals surface area contributed by atoms with Gasteiger partial charge in [-0.3, -0.25) is 4.79 Å². The lowest BCUT2D eigenvalue weighted by Crippen LogP contribution is -2.38. The number of piperidine rings is 1. The van der Waals surface area contributed by atoms with E-state index in [1.807, 2.05) is 44.2 Å². The lowest BCUT2D eigenvalue weighted by Gasteiger charge is -2.34. The Morgan fingerprint density at radius 1 is 0.949 bits per heavy atom. The smallest absolute Gasteiger partial charge is 0.313 e. The van der Waals surface area contributed by atoms with E-state index in [9.17, 15) is 9.90 Å². The van der Waals surface area contributed by atoms with Crippen LogP contribution in [-0.2, 0) is 16.0 Å². The first kappa shape index (κ1) is 29.0. The molecule has 1 heterocycles. The van der Waals surface area contributed by atoms with Crippen LogP contribution in [-0.4, -0.2) is 41.7 Å². The predicted octanol–water partition coefficient (Wildman–Crippen LogP) is 6.89. The highest BCUT2D eigenvalue weighted by Crippen LogP contribution is 2.32. The molecule has 1 saturated heterocycles. The molecule has 39 heavy (non-hydrogen) atoms. The molecular formula is C34H43NO4. The van der Waals surface area contributed by atoms with Gasteiger partial charge in [0.1, 0.15) is 11.9 Å². The molecular weight excluding hydrogens is 486 g/mol. The van der Waals surface area contributed by atoms with Crippen molar-refractivity contribution in [1.82, 2.24) is 4.90 Å². The lowest BCUT2D eigenvalue weighted by molar-refractivity contribution is -0.137. The summed E-state index contributed by atoms with van der Waals surface area (Å²) < 4.78 is 12.3. The molecule has 0 aliphatic carbocycles. The summed E-state index contributed by atoms with van der Waals surface area (Å²) in [6.07, 6.45) is 3.82. The number of nitrogens with zero attached hydrogens (tertiary/aromatic N) is 1.